The first-order chi connectivity index (χ1) is 11.4. The smallest absolute Gasteiger partial charge is 0.182 e. The number of benzene rings is 2. The van der Waals surface area contributed by atoms with Crippen molar-refractivity contribution in [2.24, 2.45) is 11.7 Å². The van der Waals surface area contributed by atoms with Gasteiger partial charge in [0.05, 0.1) is 22.2 Å². The summed E-state index contributed by atoms with van der Waals surface area (Å²) in [6.45, 7) is 1.92. The lowest BCUT2D eigenvalue weighted by Gasteiger charge is -2.05. The van der Waals surface area contributed by atoms with Gasteiger partial charge < -0.3 is 10.5 Å². The molecule has 0 amide bonds. The van der Waals surface area contributed by atoms with E-state index in [1.54, 1.807) is 31.4 Å². The fourth-order valence-corrected chi connectivity index (χ4v) is 5.65. The molecule has 0 spiro atoms. The van der Waals surface area contributed by atoms with Crippen LogP contribution in [0.4, 0.5) is 0 Å². The summed E-state index contributed by atoms with van der Waals surface area (Å²) in [6.07, 6.45) is 0. The molecule has 0 bridgehead atoms. The third kappa shape index (κ3) is 2.91. The second-order valence-corrected chi connectivity index (χ2v) is 8.63. The summed E-state index contributed by atoms with van der Waals surface area (Å²) in [7, 11) is -1.90. The Bertz CT molecular complexity index is 858. The summed E-state index contributed by atoms with van der Waals surface area (Å²) < 4.78 is 31.1. The van der Waals surface area contributed by atoms with Gasteiger partial charge in [-0.3, -0.25) is 0 Å². The van der Waals surface area contributed by atoms with E-state index >= 15 is 0 Å². The van der Waals surface area contributed by atoms with Crippen LogP contribution in [0.5, 0.6) is 5.75 Å². The second-order valence-electron chi connectivity index (χ2n) is 6.05. The molecule has 0 aliphatic heterocycles. The average Bonchev–Trinajstić information content (AvgIpc) is 3.32. The number of methoxy groups -OCH3 is 1. The summed E-state index contributed by atoms with van der Waals surface area (Å²) in [6, 6.07) is 14.3. The van der Waals surface area contributed by atoms with Gasteiger partial charge in [-0.25, -0.2) is 8.42 Å². The zero-order valence-electron chi connectivity index (χ0n) is 13.5. The topological polar surface area (TPSA) is 69.4 Å². The van der Waals surface area contributed by atoms with Gasteiger partial charge in [-0.05, 0) is 36.8 Å². The molecule has 2 aromatic carbocycles. The van der Waals surface area contributed by atoms with Crippen molar-refractivity contribution >= 4 is 27.0 Å². The van der Waals surface area contributed by atoms with Crippen molar-refractivity contribution in [1.82, 2.24) is 0 Å². The minimum Gasteiger partial charge on any atom is -0.497 e. The molecule has 0 unspecified atom stereocenters. The molecule has 126 valence electrons. The van der Waals surface area contributed by atoms with Gasteiger partial charge in [0.25, 0.3) is 0 Å². The molecule has 24 heavy (non-hydrogen) atoms. The van der Waals surface area contributed by atoms with Crippen LogP contribution in [0.3, 0.4) is 0 Å². The number of thiocarbonyl (C=S) groups is 1. The quantitative estimate of drug-likeness (QED) is 0.830. The predicted octanol–water partition coefficient (Wildman–Crippen LogP) is 2.85. The van der Waals surface area contributed by atoms with Crippen LogP contribution >= 0.6 is 12.2 Å². The molecule has 6 heteroatoms. The molecule has 3 rings (SSSR count). The second kappa shape index (κ2) is 6.18. The van der Waals surface area contributed by atoms with Crippen LogP contribution in [0, 0.1) is 12.8 Å². The molecule has 0 radical (unpaired) electrons. The third-order valence-corrected chi connectivity index (χ3v) is 7.00. The molecule has 1 saturated carbocycles. The lowest BCUT2D eigenvalue weighted by molar-refractivity contribution is 0.414. The zero-order valence-corrected chi connectivity index (χ0v) is 15.1. The van der Waals surface area contributed by atoms with Gasteiger partial charge >= 0.3 is 0 Å². The highest BCUT2D eigenvalue weighted by atomic mass is 32.2. The van der Waals surface area contributed by atoms with E-state index in [1.165, 1.54) is 0 Å². The van der Waals surface area contributed by atoms with Crippen molar-refractivity contribution in [3.05, 3.63) is 59.7 Å². The summed E-state index contributed by atoms with van der Waals surface area (Å²) >= 11 is 5.11. The summed E-state index contributed by atoms with van der Waals surface area (Å²) in [5, 5.41) is -0.605. The molecule has 0 saturated heterocycles. The highest BCUT2D eigenvalue weighted by molar-refractivity contribution is 7.92. The molecule has 4 nitrogen and oxygen atoms in total. The summed E-state index contributed by atoms with van der Waals surface area (Å²) in [5.41, 5.74) is 7.74. The van der Waals surface area contributed by atoms with Crippen LogP contribution in [0.15, 0.2) is 53.4 Å². The van der Waals surface area contributed by atoms with Gasteiger partial charge in [0.2, 0.25) is 0 Å². The van der Waals surface area contributed by atoms with Crippen molar-refractivity contribution in [3.8, 4) is 5.75 Å². The van der Waals surface area contributed by atoms with E-state index in [0.29, 0.717) is 4.90 Å². The number of nitrogens with two attached hydrogens (primary N) is 1. The Kier molecular flexibility index (Phi) is 4.36. The standard InChI is InChI=1S/C18H19NO3S2/c1-11-3-9-14(10-4-11)24(20,21)17-15(16(17)18(19)23)12-5-7-13(22-2)8-6-12/h3-10,15-17H,1-2H3,(H2,19,23)/t15-,16-,17+/m0/s1. The maximum Gasteiger partial charge on any atom is 0.182 e. The minimum absolute atomic E-state index is 0.209. The first kappa shape index (κ1) is 16.9. The Morgan fingerprint density at radius 1 is 1.08 bits per heavy atom. The first-order valence-electron chi connectivity index (χ1n) is 7.60. The molecule has 0 aromatic heterocycles. The van der Waals surface area contributed by atoms with E-state index in [0.717, 1.165) is 16.9 Å². The van der Waals surface area contributed by atoms with Crippen LogP contribution in [-0.4, -0.2) is 25.8 Å². The highest BCUT2D eigenvalue weighted by Gasteiger charge is 2.60. The van der Waals surface area contributed by atoms with E-state index in [1.807, 2.05) is 31.2 Å². The fraction of sp³-hybridized carbons (Fsp3) is 0.278. The maximum absolute atomic E-state index is 13.0. The van der Waals surface area contributed by atoms with E-state index in [-0.39, 0.29) is 16.8 Å². The molecule has 2 aromatic rings. The third-order valence-electron chi connectivity index (χ3n) is 4.49. The van der Waals surface area contributed by atoms with E-state index < -0.39 is 15.1 Å². The number of rotatable bonds is 5. The zero-order chi connectivity index (χ0) is 17.5. The van der Waals surface area contributed by atoms with Crippen LogP contribution in [0.2, 0.25) is 0 Å². The largest absolute Gasteiger partial charge is 0.497 e. The molecule has 2 N–H and O–H groups in total. The maximum atomic E-state index is 13.0. The number of sulfone groups is 1. The minimum atomic E-state index is -3.49. The SMILES string of the molecule is COc1ccc([C@H]2[C@H](C(N)=S)[C@@H]2S(=O)(=O)c2ccc(C)cc2)cc1. The van der Waals surface area contributed by atoms with Crippen molar-refractivity contribution in [1.29, 1.82) is 0 Å². The number of ether oxygens (including phenoxy) is 1. The van der Waals surface area contributed by atoms with Crippen LogP contribution in [0.25, 0.3) is 0 Å². The van der Waals surface area contributed by atoms with Crippen molar-refractivity contribution in [2.75, 3.05) is 7.11 Å². The monoisotopic (exact) mass is 361 g/mol. The number of hydrogen-bond donors (Lipinski definition) is 1. The van der Waals surface area contributed by atoms with Crippen molar-refractivity contribution in [3.63, 3.8) is 0 Å². The molecule has 1 fully saturated rings. The van der Waals surface area contributed by atoms with Crippen molar-refractivity contribution in [2.45, 2.75) is 23.0 Å². The van der Waals surface area contributed by atoms with Gasteiger partial charge in [-0.15, -0.1) is 0 Å². The van der Waals surface area contributed by atoms with Crippen LogP contribution in [0.1, 0.15) is 17.0 Å². The van der Waals surface area contributed by atoms with Crippen LogP contribution < -0.4 is 10.5 Å². The Hall–Kier alpha value is -1.92. The van der Waals surface area contributed by atoms with Gasteiger partial charge in [0.1, 0.15) is 5.75 Å². The Labute approximate surface area is 147 Å². The molecule has 1 aliphatic carbocycles. The fourth-order valence-electron chi connectivity index (χ4n) is 3.12. The number of aryl methyl sites for hydroxylation is 1. The lowest BCUT2D eigenvalue weighted by Crippen LogP contribution is -2.17. The van der Waals surface area contributed by atoms with Crippen LogP contribution in [-0.2, 0) is 9.84 Å². The summed E-state index contributed by atoms with van der Waals surface area (Å²) in [4.78, 5) is 0.562. The van der Waals surface area contributed by atoms with Crippen molar-refractivity contribution < 1.29 is 13.2 Å². The van der Waals surface area contributed by atoms with E-state index in [2.05, 4.69) is 0 Å². The Morgan fingerprint density at radius 2 is 1.67 bits per heavy atom. The van der Waals surface area contributed by atoms with Gasteiger partial charge in [0, 0.05) is 11.8 Å². The summed E-state index contributed by atoms with van der Waals surface area (Å²) in [5.74, 6) is 0.184. The molecule has 1 aliphatic rings. The van der Waals surface area contributed by atoms with E-state index in [9.17, 15) is 8.42 Å². The van der Waals surface area contributed by atoms with Gasteiger partial charge in [-0.2, -0.15) is 0 Å². The normalized spacial score (nSPS) is 22.8. The lowest BCUT2D eigenvalue weighted by atomic mass is 10.1. The molecular weight excluding hydrogens is 342 g/mol. The molecule has 0 heterocycles. The number of hydrogen-bond acceptors (Lipinski definition) is 4. The van der Waals surface area contributed by atoms with E-state index in [4.69, 9.17) is 22.7 Å². The Morgan fingerprint density at radius 3 is 2.17 bits per heavy atom. The molecular formula is C18H19NO3S2. The van der Waals surface area contributed by atoms with Gasteiger partial charge in [-0.1, -0.05) is 42.0 Å². The molecule has 3 atom stereocenters. The average molecular weight is 361 g/mol. The highest BCUT2D eigenvalue weighted by Crippen LogP contribution is 2.54. The Balaban J connectivity index is 1.96. The van der Waals surface area contributed by atoms with Gasteiger partial charge in [0.15, 0.2) is 9.84 Å². The predicted molar refractivity (Wildman–Crippen MR) is 98.2 cm³/mol. The first-order valence-corrected chi connectivity index (χ1v) is 9.55.